The summed E-state index contributed by atoms with van der Waals surface area (Å²) in [6.07, 6.45) is 1.10. The van der Waals surface area contributed by atoms with E-state index in [1.54, 1.807) is 0 Å². The van der Waals surface area contributed by atoms with Gasteiger partial charge in [0.15, 0.2) is 0 Å². The van der Waals surface area contributed by atoms with Gasteiger partial charge >= 0.3 is 0 Å². The molecule has 0 bridgehead atoms. The predicted molar refractivity (Wildman–Crippen MR) is 84.2 cm³/mol. The third kappa shape index (κ3) is 4.39. The second-order valence-corrected chi connectivity index (χ2v) is 5.65. The number of hydrogen-bond donors (Lipinski definition) is 1. The summed E-state index contributed by atoms with van der Waals surface area (Å²) < 4.78 is 5.85. The van der Waals surface area contributed by atoms with Crippen molar-refractivity contribution in [2.45, 2.75) is 39.3 Å². The molecule has 2 aromatic rings. The first kappa shape index (κ1) is 14.6. The van der Waals surface area contributed by atoms with Crippen molar-refractivity contribution in [1.82, 2.24) is 5.32 Å². The molecule has 20 heavy (non-hydrogen) atoms. The lowest BCUT2D eigenvalue weighted by Gasteiger charge is -2.24. The van der Waals surface area contributed by atoms with Crippen molar-refractivity contribution >= 4 is 0 Å². The Kier molecular flexibility index (Phi) is 4.80. The zero-order valence-corrected chi connectivity index (χ0v) is 12.5. The summed E-state index contributed by atoms with van der Waals surface area (Å²) in [5, 5.41) is 3.56. The molecule has 0 fully saturated rings. The Morgan fingerprint density at radius 3 is 2.35 bits per heavy atom. The minimum absolute atomic E-state index is 0.163. The van der Waals surface area contributed by atoms with E-state index in [2.05, 4.69) is 38.2 Å². The van der Waals surface area contributed by atoms with Gasteiger partial charge in [0, 0.05) is 12.1 Å². The van der Waals surface area contributed by atoms with Gasteiger partial charge in [-0.3, -0.25) is 0 Å². The van der Waals surface area contributed by atoms with Crippen LogP contribution in [0.15, 0.2) is 54.6 Å². The number of hydrogen-bond acceptors (Lipinski definition) is 2. The zero-order chi connectivity index (χ0) is 14.4. The third-order valence-corrected chi connectivity index (χ3v) is 3.53. The predicted octanol–water partition coefficient (Wildman–Crippen LogP) is 4.76. The van der Waals surface area contributed by atoms with E-state index in [0.717, 1.165) is 24.5 Å². The van der Waals surface area contributed by atoms with E-state index in [1.807, 2.05) is 42.5 Å². The average molecular weight is 269 g/mol. The largest absolute Gasteiger partial charge is 0.457 e. The van der Waals surface area contributed by atoms with Gasteiger partial charge in [0.1, 0.15) is 11.5 Å². The number of rotatable bonds is 6. The molecule has 2 aromatic carbocycles. The van der Waals surface area contributed by atoms with Crippen LogP contribution in [0.4, 0.5) is 0 Å². The molecule has 2 rings (SSSR count). The Morgan fingerprint density at radius 2 is 1.65 bits per heavy atom. The second kappa shape index (κ2) is 6.58. The lowest BCUT2D eigenvalue weighted by Crippen LogP contribution is -2.37. The van der Waals surface area contributed by atoms with Gasteiger partial charge in [0.2, 0.25) is 0 Å². The first-order valence-corrected chi connectivity index (χ1v) is 7.16. The van der Waals surface area contributed by atoms with Crippen LogP contribution >= 0.6 is 0 Å². The highest BCUT2D eigenvalue weighted by molar-refractivity contribution is 5.33. The molecule has 0 heterocycles. The van der Waals surface area contributed by atoms with E-state index >= 15 is 0 Å². The van der Waals surface area contributed by atoms with Gasteiger partial charge in [0.05, 0.1) is 0 Å². The van der Waals surface area contributed by atoms with Crippen LogP contribution in [0.3, 0.4) is 0 Å². The molecule has 2 nitrogen and oxygen atoms in total. The highest BCUT2D eigenvalue weighted by Gasteiger charge is 2.13. The van der Waals surface area contributed by atoms with Crippen molar-refractivity contribution in [3.8, 4) is 11.5 Å². The molecule has 0 radical (unpaired) electrons. The van der Waals surface area contributed by atoms with E-state index in [9.17, 15) is 0 Å². The maximum absolute atomic E-state index is 5.85. The molecule has 106 valence electrons. The average Bonchev–Trinajstić information content (AvgIpc) is 2.47. The van der Waals surface area contributed by atoms with Gasteiger partial charge in [-0.25, -0.2) is 0 Å². The summed E-state index contributed by atoms with van der Waals surface area (Å²) in [5.41, 5.74) is 1.40. The van der Waals surface area contributed by atoms with Crippen LogP contribution in [-0.2, 0) is 6.54 Å². The van der Waals surface area contributed by atoms with Crippen molar-refractivity contribution in [3.63, 3.8) is 0 Å². The van der Waals surface area contributed by atoms with Crippen LogP contribution in [0.1, 0.15) is 32.8 Å². The number of para-hydroxylation sites is 1. The molecule has 0 saturated heterocycles. The molecule has 2 heteroatoms. The van der Waals surface area contributed by atoms with Crippen molar-refractivity contribution in [2.24, 2.45) is 0 Å². The standard InChI is InChI=1S/C18H23NO/c1-4-18(2,3)19-14-15-9-8-12-17(13-15)20-16-10-6-5-7-11-16/h5-13,19H,4,14H2,1-3H3. The minimum atomic E-state index is 0.163. The SMILES string of the molecule is CCC(C)(C)NCc1cccc(Oc2ccccc2)c1. The third-order valence-electron chi connectivity index (χ3n) is 3.53. The summed E-state index contributed by atoms with van der Waals surface area (Å²) >= 11 is 0. The Bertz CT molecular complexity index is 534. The zero-order valence-electron chi connectivity index (χ0n) is 12.5. The first-order chi connectivity index (χ1) is 9.59. The molecular weight excluding hydrogens is 246 g/mol. The first-order valence-electron chi connectivity index (χ1n) is 7.16. The quantitative estimate of drug-likeness (QED) is 0.816. The van der Waals surface area contributed by atoms with E-state index in [4.69, 9.17) is 4.74 Å². The van der Waals surface area contributed by atoms with Crippen LogP contribution in [0.5, 0.6) is 11.5 Å². The molecule has 0 aliphatic heterocycles. The van der Waals surface area contributed by atoms with Gasteiger partial charge in [-0.15, -0.1) is 0 Å². The van der Waals surface area contributed by atoms with Crippen LogP contribution < -0.4 is 10.1 Å². The van der Waals surface area contributed by atoms with Gasteiger partial charge in [-0.1, -0.05) is 37.3 Å². The van der Waals surface area contributed by atoms with E-state index in [1.165, 1.54) is 5.56 Å². The Balaban J connectivity index is 2.01. The van der Waals surface area contributed by atoms with Crippen molar-refractivity contribution in [3.05, 3.63) is 60.2 Å². The smallest absolute Gasteiger partial charge is 0.127 e. The monoisotopic (exact) mass is 269 g/mol. The molecule has 0 aliphatic carbocycles. The molecule has 0 aliphatic rings. The summed E-state index contributed by atoms with van der Waals surface area (Å²) in [6, 6.07) is 18.1. The molecule has 0 spiro atoms. The molecule has 0 unspecified atom stereocenters. The van der Waals surface area contributed by atoms with Crippen molar-refractivity contribution in [1.29, 1.82) is 0 Å². The maximum atomic E-state index is 5.85. The van der Waals surface area contributed by atoms with E-state index < -0.39 is 0 Å². The number of benzene rings is 2. The van der Waals surface area contributed by atoms with Crippen molar-refractivity contribution in [2.75, 3.05) is 0 Å². The minimum Gasteiger partial charge on any atom is -0.457 e. The maximum Gasteiger partial charge on any atom is 0.127 e. The van der Waals surface area contributed by atoms with Crippen LogP contribution in [0.25, 0.3) is 0 Å². The van der Waals surface area contributed by atoms with Crippen LogP contribution in [0.2, 0.25) is 0 Å². The van der Waals surface area contributed by atoms with E-state index in [-0.39, 0.29) is 5.54 Å². The summed E-state index contributed by atoms with van der Waals surface area (Å²) in [5.74, 6) is 1.75. The van der Waals surface area contributed by atoms with Gasteiger partial charge in [-0.05, 0) is 50.1 Å². The fourth-order valence-corrected chi connectivity index (χ4v) is 1.81. The fraction of sp³-hybridized carbons (Fsp3) is 0.333. The van der Waals surface area contributed by atoms with Gasteiger partial charge < -0.3 is 10.1 Å². The summed E-state index contributed by atoms with van der Waals surface area (Å²) in [4.78, 5) is 0. The van der Waals surface area contributed by atoms with Crippen LogP contribution in [0, 0.1) is 0 Å². The topological polar surface area (TPSA) is 21.3 Å². The summed E-state index contributed by atoms with van der Waals surface area (Å²) in [7, 11) is 0. The van der Waals surface area contributed by atoms with Gasteiger partial charge in [0.25, 0.3) is 0 Å². The Hall–Kier alpha value is -1.80. The molecule has 0 saturated carbocycles. The number of nitrogens with one attached hydrogen (secondary N) is 1. The molecule has 0 aromatic heterocycles. The highest BCUT2D eigenvalue weighted by atomic mass is 16.5. The molecular formula is C18H23NO. The highest BCUT2D eigenvalue weighted by Crippen LogP contribution is 2.22. The second-order valence-electron chi connectivity index (χ2n) is 5.65. The lowest BCUT2D eigenvalue weighted by atomic mass is 10.0. The number of ether oxygens (including phenoxy) is 1. The normalized spacial score (nSPS) is 11.3. The fourth-order valence-electron chi connectivity index (χ4n) is 1.81. The Morgan fingerprint density at radius 1 is 0.950 bits per heavy atom. The molecule has 0 amide bonds. The van der Waals surface area contributed by atoms with Gasteiger partial charge in [-0.2, -0.15) is 0 Å². The lowest BCUT2D eigenvalue weighted by molar-refractivity contribution is 0.374. The van der Waals surface area contributed by atoms with E-state index in [0.29, 0.717) is 0 Å². The molecule has 1 N–H and O–H groups in total. The Labute approximate surface area is 121 Å². The molecule has 0 atom stereocenters. The van der Waals surface area contributed by atoms with Crippen LogP contribution in [-0.4, -0.2) is 5.54 Å². The van der Waals surface area contributed by atoms with Crippen molar-refractivity contribution < 1.29 is 4.74 Å². The summed E-state index contributed by atoms with van der Waals surface area (Å²) in [6.45, 7) is 7.49.